The first-order valence-corrected chi connectivity index (χ1v) is 9.04. The lowest BCUT2D eigenvalue weighted by molar-refractivity contribution is -0.128. The third kappa shape index (κ3) is 4.03. The Labute approximate surface area is 164 Å². The van der Waals surface area contributed by atoms with Crippen molar-refractivity contribution in [3.8, 4) is 17.2 Å². The molecule has 2 amide bonds. The molecule has 1 aliphatic rings. The van der Waals surface area contributed by atoms with Crippen molar-refractivity contribution in [2.45, 2.75) is 19.4 Å². The zero-order valence-corrected chi connectivity index (χ0v) is 16.3. The van der Waals surface area contributed by atoms with E-state index in [0.717, 1.165) is 18.5 Å². The summed E-state index contributed by atoms with van der Waals surface area (Å²) >= 11 is 0. The smallest absolute Gasteiger partial charge is 0.259 e. The van der Waals surface area contributed by atoms with Crippen LogP contribution >= 0.6 is 0 Å². The number of amides is 2. The Hall–Kier alpha value is -3.22. The fraction of sp³-hybridized carbons (Fsp3) is 0.333. The number of hydrogen-bond donors (Lipinski definition) is 1. The van der Waals surface area contributed by atoms with Gasteiger partial charge in [-0.15, -0.1) is 0 Å². The normalized spacial score (nSPS) is 13.4. The van der Waals surface area contributed by atoms with Crippen LogP contribution in [0.1, 0.15) is 28.8 Å². The summed E-state index contributed by atoms with van der Waals surface area (Å²) in [6.07, 6.45) is 1.50. The van der Waals surface area contributed by atoms with Crippen molar-refractivity contribution in [3.63, 3.8) is 0 Å². The van der Waals surface area contributed by atoms with Gasteiger partial charge in [0.15, 0.2) is 11.5 Å². The third-order valence-corrected chi connectivity index (χ3v) is 4.68. The zero-order valence-electron chi connectivity index (χ0n) is 16.3. The molecular formula is C21H24N2O5. The van der Waals surface area contributed by atoms with Crippen LogP contribution in [0, 0.1) is 0 Å². The first kappa shape index (κ1) is 19.5. The maximum absolute atomic E-state index is 12.8. The minimum atomic E-state index is -0.327. The molecule has 0 aromatic heterocycles. The Bertz CT molecular complexity index is 881. The van der Waals surface area contributed by atoms with E-state index in [1.165, 1.54) is 21.3 Å². The lowest BCUT2D eigenvalue weighted by Crippen LogP contribution is -2.23. The summed E-state index contributed by atoms with van der Waals surface area (Å²) < 4.78 is 16.0. The number of carbonyl (C=O) groups is 2. The molecule has 2 aromatic rings. The van der Waals surface area contributed by atoms with E-state index >= 15 is 0 Å². The van der Waals surface area contributed by atoms with Gasteiger partial charge in [0, 0.05) is 25.2 Å². The summed E-state index contributed by atoms with van der Waals surface area (Å²) in [6.45, 7) is 1.32. The minimum Gasteiger partial charge on any atom is -0.493 e. The van der Waals surface area contributed by atoms with E-state index in [1.807, 2.05) is 23.1 Å². The van der Waals surface area contributed by atoms with Crippen LogP contribution in [0.4, 0.5) is 5.69 Å². The van der Waals surface area contributed by atoms with Crippen molar-refractivity contribution in [3.05, 3.63) is 47.5 Å². The second-order valence-corrected chi connectivity index (χ2v) is 6.46. The molecular weight excluding hydrogens is 360 g/mol. The van der Waals surface area contributed by atoms with Gasteiger partial charge in [0.1, 0.15) is 0 Å². The average Bonchev–Trinajstić information content (AvgIpc) is 3.11. The number of likely N-dealkylation sites (tertiary alicyclic amines) is 1. The fourth-order valence-electron chi connectivity index (χ4n) is 3.32. The molecule has 0 bridgehead atoms. The zero-order chi connectivity index (χ0) is 20.1. The van der Waals surface area contributed by atoms with Gasteiger partial charge in [-0.1, -0.05) is 12.1 Å². The second-order valence-electron chi connectivity index (χ2n) is 6.46. The van der Waals surface area contributed by atoms with Gasteiger partial charge in [-0.25, -0.2) is 0 Å². The predicted molar refractivity (Wildman–Crippen MR) is 105 cm³/mol. The summed E-state index contributed by atoms with van der Waals surface area (Å²) in [6, 6.07) is 10.8. The molecule has 1 fully saturated rings. The van der Waals surface area contributed by atoms with Gasteiger partial charge in [0.05, 0.1) is 26.9 Å². The van der Waals surface area contributed by atoms with Crippen LogP contribution in [0.15, 0.2) is 36.4 Å². The molecule has 0 aliphatic carbocycles. The Kier molecular flexibility index (Phi) is 6.03. The topological polar surface area (TPSA) is 77.1 Å². The Morgan fingerprint density at radius 1 is 1.07 bits per heavy atom. The molecule has 1 N–H and O–H groups in total. The number of hydrogen-bond acceptors (Lipinski definition) is 5. The molecule has 1 aliphatic heterocycles. The molecule has 0 atom stereocenters. The van der Waals surface area contributed by atoms with Gasteiger partial charge in [-0.05, 0) is 36.2 Å². The highest BCUT2D eigenvalue weighted by molar-refractivity contribution is 6.07. The molecule has 7 heteroatoms. The number of ether oxygens (including phenoxy) is 3. The lowest BCUT2D eigenvalue weighted by Gasteiger charge is -2.17. The summed E-state index contributed by atoms with van der Waals surface area (Å²) in [5, 5.41) is 2.88. The van der Waals surface area contributed by atoms with Gasteiger partial charge in [0.25, 0.3) is 5.91 Å². The molecule has 0 radical (unpaired) electrons. The van der Waals surface area contributed by atoms with E-state index in [4.69, 9.17) is 14.2 Å². The molecule has 28 heavy (non-hydrogen) atoms. The number of methoxy groups -OCH3 is 3. The standard InChI is InChI=1S/C21H24N2O5/c1-26-17-10-9-16(19(27-2)20(17)28-3)21(25)22-15-7-4-6-14(12-15)13-23-11-5-8-18(23)24/h4,6-7,9-10,12H,5,8,11,13H2,1-3H3,(H,22,25). The van der Waals surface area contributed by atoms with Crippen LogP contribution in [-0.2, 0) is 11.3 Å². The van der Waals surface area contributed by atoms with Crippen molar-refractivity contribution in [1.82, 2.24) is 4.90 Å². The number of benzene rings is 2. The monoisotopic (exact) mass is 384 g/mol. The van der Waals surface area contributed by atoms with Crippen LogP contribution < -0.4 is 19.5 Å². The Morgan fingerprint density at radius 2 is 1.86 bits per heavy atom. The van der Waals surface area contributed by atoms with Gasteiger partial charge in [-0.2, -0.15) is 0 Å². The summed E-state index contributed by atoms with van der Waals surface area (Å²) in [5.74, 6) is 0.988. The van der Waals surface area contributed by atoms with E-state index in [-0.39, 0.29) is 11.8 Å². The molecule has 3 rings (SSSR count). The summed E-state index contributed by atoms with van der Waals surface area (Å²) in [5.41, 5.74) is 1.94. The highest BCUT2D eigenvalue weighted by atomic mass is 16.5. The molecule has 7 nitrogen and oxygen atoms in total. The molecule has 0 saturated carbocycles. The fourth-order valence-corrected chi connectivity index (χ4v) is 3.32. The maximum atomic E-state index is 12.8. The van der Waals surface area contributed by atoms with Crippen LogP contribution in [0.3, 0.4) is 0 Å². The molecule has 2 aromatic carbocycles. The molecule has 1 heterocycles. The van der Waals surface area contributed by atoms with Gasteiger partial charge >= 0.3 is 0 Å². The second kappa shape index (κ2) is 8.65. The Balaban J connectivity index is 1.80. The van der Waals surface area contributed by atoms with Crippen molar-refractivity contribution in [2.24, 2.45) is 0 Å². The largest absolute Gasteiger partial charge is 0.493 e. The van der Waals surface area contributed by atoms with E-state index in [1.54, 1.807) is 18.2 Å². The summed E-state index contributed by atoms with van der Waals surface area (Å²) in [7, 11) is 4.49. The lowest BCUT2D eigenvalue weighted by atomic mass is 10.1. The van der Waals surface area contributed by atoms with Crippen LogP contribution in [0.2, 0.25) is 0 Å². The number of rotatable bonds is 7. The van der Waals surface area contributed by atoms with Crippen molar-refractivity contribution in [2.75, 3.05) is 33.2 Å². The first-order valence-electron chi connectivity index (χ1n) is 9.04. The van der Waals surface area contributed by atoms with Crippen LogP contribution in [0.25, 0.3) is 0 Å². The van der Waals surface area contributed by atoms with Crippen LogP contribution in [0.5, 0.6) is 17.2 Å². The van der Waals surface area contributed by atoms with E-state index in [9.17, 15) is 9.59 Å². The maximum Gasteiger partial charge on any atom is 0.259 e. The molecule has 1 saturated heterocycles. The SMILES string of the molecule is COc1ccc(C(=O)Nc2cccc(CN3CCCC3=O)c2)c(OC)c1OC. The first-order chi connectivity index (χ1) is 13.6. The van der Waals surface area contributed by atoms with Crippen LogP contribution in [-0.4, -0.2) is 44.6 Å². The summed E-state index contributed by atoms with van der Waals surface area (Å²) in [4.78, 5) is 26.5. The van der Waals surface area contributed by atoms with Crippen molar-refractivity contribution >= 4 is 17.5 Å². The van der Waals surface area contributed by atoms with Gasteiger partial charge in [-0.3, -0.25) is 9.59 Å². The number of nitrogens with zero attached hydrogens (tertiary/aromatic N) is 1. The van der Waals surface area contributed by atoms with Gasteiger partial charge in [0.2, 0.25) is 11.7 Å². The number of carbonyl (C=O) groups excluding carboxylic acids is 2. The molecule has 0 spiro atoms. The van der Waals surface area contributed by atoms with E-state index in [2.05, 4.69) is 5.32 Å². The molecule has 148 valence electrons. The van der Waals surface area contributed by atoms with E-state index < -0.39 is 0 Å². The predicted octanol–water partition coefficient (Wildman–Crippen LogP) is 3.09. The van der Waals surface area contributed by atoms with Crippen molar-refractivity contribution < 1.29 is 23.8 Å². The minimum absolute atomic E-state index is 0.171. The quantitative estimate of drug-likeness (QED) is 0.794. The van der Waals surface area contributed by atoms with Crippen molar-refractivity contribution in [1.29, 1.82) is 0 Å². The van der Waals surface area contributed by atoms with Gasteiger partial charge < -0.3 is 24.4 Å². The highest BCUT2D eigenvalue weighted by Crippen LogP contribution is 2.39. The Morgan fingerprint density at radius 3 is 2.50 bits per heavy atom. The third-order valence-electron chi connectivity index (χ3n) is 4.68. The van der Waals surface area contributed by atoms with E-state index in [0.29, 0.717) is 41.5 Å². The average molecular weight is 384 g/mol. The number of anilines is 1. The highest BCUT2D eigenvalue weighted by Gasteiger charge is 2.22. The molecule has 0 unspecified atom stereocenters. The number of nitrogens with one attached hydrogen (secondary N) is 1.